The van der Waals surface area contributed by atoms with Crippen LogP contribution >= 0.6 is 0 Å². The second-order valence-electron chi connectivity index (χ2n) is 9.59. The molecule has 0 radical (unpaired) electrons. The number of hydrogen-bond acceptors (Lipinski definition) is 5. The first-order valence-electron chi connectivity index (χ1n) is 10.4. The maximum absolute atomic E-state index is 12.4. The largest absolute Gasteiger partial charge is 0.461 e. The van der Waals surface area contributed by atoms with Crippen LogP contribution in [0.5, 0.6) is 0 Å². The molecule has 0 aromatic rings. The Morgan fingerprint density at radius 1 is 1.11 bits per heavy atom. The molecule has 0 heterocycles. The van der Waals surface area contributed by atoms with Gasteiger partial charge < -0.3 is 9.47 Å². The van der Waals surface area contributed by atoms with Crippen molar-refractivity contribution >= 4 is 17.7 Å². The van der Waals surface area contributed by atoms with Crippen molar-refractivity contribution in [2.24, 2.45) is 22.7 Å². The van der Waals surface area contributed by atoms with Crippen molar-refractivity contribution < 1.29 is 23.9 Å². The maximum atomic E-state index is 12.4. The van der Waals surface area contributed by atoms with Gasteiger partial charge in [0, 0.05) is 26.2 Å². The fraction of sp³-hybridized carbons (Fsp3) is 0.696. The molecule has 5 nitrogen and oxygen atoms in total. The van der Waals surface area contributed by atoms with Crippen molar-refractivity contribution in [1.82, 2.24) is 0 Å². The van der Waals surface area contributed by atoms with Crippen molar-refractivity contribution in [2.75, 3.05) is 0 Å². The highest BCUT2D eigenvalue weighted by atomic mass is 16.6. The molecule has 28 heavy (non-hydrogen) atoms. The van der Waals surface area contributed by atoms with Crippen LogP contribution in [0.3, 0.4) is 0 Å². The molecule has 152 valence electrons. The van der Waals surface area contributed by atoms with Crippen molar-refractivity contribution in [3.05, 3.63) is 23.8 Å². The van der Waals surface area contributed by atoms with E-state index in [4.69, 9.17) is 9.47 Å². The summed E-state index contributed by atoms with van der Waals surface area (Å²) in [5, 5.41) is 0. The average Bonchev–Trinajstić information content (AvgIpc) is 2.98. The molecule has 0 aliphatic heterocycles. The molecule has 0 aromatic heterocycles. The van der Waals surface area contributed by atoms with Crippen LogP contribution in [0.15, 0.2) is 23.8 Å². The number of carbonyl (C=O) groups excluding carboxylic acids is 3. The number of fused-ring (bicyclic) bond motifs is 5. The Labute approximate surface area is 166 Å². The second-order valence-corrected chi connectivity index (χ2v) is 9.59. The lowest BCUT2D eigenvalue weighted by Gasteiger charge is -2.62. The predicted molar refractivity (Wildman–Crippen MR) is 103 cm³/mol. The normalized spacial score (nSPS) is 44.1. The van der Waals surface area contributed by atoms with Gasteiger partial charge in [0.15, 0.2) is 5.78 Å². The van der Waals surface area contributed by atoms with Gasteiger partial charge in [0.05, 0.1) is 5.41 Å². The van der Waals surface area contributed by atoms with E-state index in [1.807, 2.05) is 13.0 Å². The zero-order valence-corrected chi connectivity index (χ0v) is 17.2. The molecule has 0 spiro atoms. The molecule has 2 saturated carbocycles. The van der Waals surface area contributed by atoms with Gasteiger partial charge in [-0.25, -0.2) is 0 Å². The van der Waals surface area contributed by atoms with Gasteiger partial charge >= 0.3 is 11.9 Å². The van der Waals surface area contributed by atoms with Crippen molar-refractivity contribution in [1.29, 1.82) is 0 Å². The van der Waals surface area contributed by atoms with Crippen molar-refractivity contribution in [3.8, 4) is 0 Å². The molecule has 2 fully saturated rings. The Kier molecular flexibility index (Phi) is 4.36. The molecule has 2 unspecified atom stereocenters. The van der Waals surface area contributed by atoms with E-state index in [2.05, 4.69) is 13.0 Å². The summed E-state index contributed by atoms with van der Waals surface area (Å²) < 4.78 is 11.9. The van der Waals surface area contributed by atoms with E-state index in [1.54, 1.807) is 6.08 Å². The summed E-state index contributed by atoms with van der Waals surface area (Å²) >= 11 is 0. The smallest absolute Gasteiger partial charge is 0.303 e. The molecular formula is C23H30O5. The van der Waals surface area contributed by atoms with Crippen LogP contribution < -0.4 is 0 Å². The van der Waals surface area contributed by atoms with Crippen molar-refractivity contribution in [3.63, 3.8) is 0 Å². The van der Waals surface area contributed by atoms with Crippen LogP contribution in [0.25, 0.3) is 0 Å². The Bertz CT molecular complexity index is 795. The third kappa shape index (κ3) is 2.54. The van der Waals surface area contributed by atoms with Gasteiger partial charge in [-0.15, -0.1) is 0 Å². The molecule has 0 saturated heterocycles. The minimum atomic E-state index is -0.797. The number of rotatable bonds is 2. The molecule has 0 bridgehead atoms. The highest BCUT2D eigenvalue weighted by Crippen LogP contribution is 2.67. The Morgan fingerprint density at radius 2 is 1.86 bits per heavy atom. The summed E-state index contributed by atoms with van der Waals surface area (Å²) in [6.45, 7) is 7.21. The minimum Gasteiger partial charge on any atom is -0.461 e. The Balaban J connectivity index is 1.91. The second kappa shape index (κ2) is 6.30. The first-order chi connectivity index (χ1) is 13.1. The summed E-state index contributed by atoms with van der Waals surface area (Å²) in [6.07, 6.45) is 10.5. The number of carbonyl (C=O) groups is 3. The van der Waals surface area contributed by atoms with E-state index in [9.17, 15) is 14.4 Å². The quantitative estimate of drug-likeness (QED) is 0.673. The molecule has 0 N–H and O–H groups in total. The molecule has 4 aliphatic carbocycles. The number of ketones is 1. The molecule has 6 atom stereocenters. The summed E-state index contributed by atoms with van der Waals surface area (Å²) in [5.74, 6) is -0.301. The van der Waals surface area contributed by atoms with Crippen molar-refractivity contribution in [2.45, 2.75) is 77.9 Å². The van der Waals surface area contributed by atoms with E-state index in [0.29, 0.717) is 12.3 Å². The summed E-state index contributed by atoms with van der Waals surface area (Å²) in [4.78, 5) is 36.5. The molecule has 0 aromatic carbocycles. The van der Waals surface area contributed by atoms with Gasteiger partial charge in [-0.1, -0.05) is 25.5 Å². The fourth-order valence-electron chi connectivity index (χ4n) is 6.78. The molecule has 4 rings (SSSR count). The highest BCUT2D eigenvalue weighted by Gasteiger charge is 2.68. The van der Waals surface area contributed by atoms with Gasteiger partial charge in [-0.3, -0.25) is 14.4 Å². The number of hydrogen-bond donors (Lipinski definition) is 0. The molecule has 5 heteroatoms. The minimum absolute atomic E-state index is 0.0543. The van der Waals surface area contributed by atoms with Gasteiger partial charge in [0.2, 0.25) is 0 Å². The van der Waals surface area contributed by atoms with Crippen LogP contribution in [0.1, 0.15) is 66.2 Å². The molecular weight excluding hydrogens is 356 g/mol. The van der Waals surface area contributed by atoms with E-state index in [-0.39, 0.29) is 29.5 Å². The summed E-state index contributed by atoms with van der Waals surface area (Å²) in [6, 6.07) is 0. The maximum Gasteiger partial charge on any atom is 0.303 e. The monoisotopic (exact) mass is 386 g/mol. The van der Waals surface area contributed by atoms with Crippen LogP contribution in [0.4, 0.5) is 0 Å². The predicted octanol–water partition coefficient (Wildman–Crippen LogP) is 3.91. The SMILES string of the molecule is CC(=O)OC1CC(=O)C=C2C=C[C@H]3[C@@H]4CCC[C@@]4(C)CCC3(OC(C)=O)[C@]21C. The molecule has 4 aliphatic rings. The summed E-state index contributed by atoms with van der Waals surface area (Å²) in [5.41, 5.74) is -0.470. The Morgan fingerprint density at radius 3 is 2.54 bits per heavy atom. The third-order valence-corrected chi connectivity index (χ3v) is 8.14. The lowest BCUT2D eigenvalue weighted by atomic mass is 9.46. The van der Waals surface area contributed by atoms with E-state index >= 15 is 0 Å². The van der Waals surface area contributed by atoms with Crippen LogP contribution in [-0.4, -0.2) is 29.4 Å². The van der Waals surface area contributed by atoms with E-state index < -0.39 is 23.1 Å². The van der Waals surface area contributed by atoms with Gasteiger partial charge in [-0.2, -0.15) is 0 Å². The van der Waals surface area contributed by atoms with Crippen LogP contribution in [0.2, 0.25) is 0 Å². The number of ether oxygens (including phenoxy) is 2. The zero-order valence-electron chi connectivity index (χ0n) is 17.2. The lowest BCUT2D eigenvalue weighted by molar-refractivity contribution is -0.222. The van der Waals surface area contributed by atoms with E-state index in [0.717, 1.165) is 18.4 Å². The lowest BCUT2D eigenvalue weighted by Crippen LogP contribution is -2.67. The standard InChI is InChI=1S/C23H30O5/c1-14(24)27-20-13-17(26)12-16-7-8-19-18-6-5-9-21(18,3)10-11-23(19,22(16,20)4)28-15(2)25/h7-8,12,18-20H,5-6,9-11,13H2,1-4H3/t18-,19-,20?,21-,22+,23?/m0/s1. The number of esters is 2. The Hall–Kier alpha value is -1.91. The third-order valence-electron chi connectivity index (χ3n) is 8.14. The summed E-state index contributed by atoms with van der Waals surface area (Å²) in [7, 11) is 0. The topological polar surface area (TPSA) is 69.7 Å². The van der Waals surface area contributed by atoms with Gasteiger partial charge in [-0.05, 0) is 55.6 Å². The first kappa shape index (κ1) is 19.4. The molecule has 0 amide bonds. The number of allylic oxidation sites excluding steroid dienone is 2. The van der Waals surface area contributed by atoms with E-state index in [1.165, 1.54) is 26.7 Å². The fourth-order valence-corrected chi connectivity index (χ4v) is 6.78. The zero-order chi connectivity index (χ0) is 20.3. The average molecular weight is 386 g/mol. The highest BCUT2D eigenvalue weighted by molar-refractivity contribution is 5.93. The van der Waals surface area contributed by atoms with Crippen LogP contribution in [-0.2, 0) is 23.9 Å². The van der Waals surface area contributed by atoms with Crippen LogP contribution in [0, 0.1) is 22.7 Å². The first-order valence-corrected chi connectivity index (χ1v) is 10.4. The van der Waals surface area contributed by atoms with Gasteiger partial charge in [0.1, 0.15) is 11.7 Å². The van der Waals surface area contributed by atoms with Gasteiger partial charge in [0.25, 0.3) is 0 Å².